The van der Waals surface area contributed by atoms with Gasteiger partial charge in [-0.1, -0.05) is 23.7 Å². The van der Waals surface area contributed by atoms with Crippen LogP contribution in [0.25, 0.3) is 0 Å². The van der Waals surface area contributed by atoms with Gasteiger partial charge in [-0.3, -0.25) is 14.3 Å². The molecule has 0 spiro atoms. The summed E-state index contributed by atoms with van der Waals surface area (Å²) in [6.07, 6.45) is -0.255. The molecule has 2 aliphatic rings. The number of likely N-dealkylation sites (N-methyl/N-ethyl adjacent to an activating group) is 1. The Balaban J connectivity index is 1.28. The Morgan fingerprint density at radius 2 is 1.88 bits per heavy atom. The largest absolute Gasteiger partial charge is 0.490 e. The van der Waals surface area contributed by atoms with E-state index in [1.54, 1.807) is 19.2 Å². The summed E-state index contributed by atoms with van der Waals surface area (Å²) in [5.41, 5.74) is 0.0733. The molecule has 2 heterocycles. The van der Waals surface area contributed by atoms with Crippen molar-refractivity contribution in [3.8, 4) is 5.75 Å². The van der Waals surface area contributed by atoms with Crippen LogP contribution < -0.4 is 14.8 Å². The van der Waals surface area contributed by atoms with E-state index in [0.29, 0.717) is 12.8 Å². The van der Waals surface area contributed by atoms with Crippen LogP contribution in [0.2, 0.25) is 5.02 Å². The second-order valence-corrected chi connectivity index (χ2v) is 11.8. The zero-order chi connectivity index (χ0) is 29.3. The van der Waals surface area contributed by atoms with Gasteiger partial charge in [-0.25, -0.2) is 17.2 Å². The highest BCUT2D eigenvalue weighted by atomic mass is 35.5. The maximum Gasteiger partial charge on any atom is 0.263 e. The standard InChI is InChI=1S/C28H26ClF2N3O6S/c1-34-23-10-8-18(14-27(35)32-22-12-16(30)6-9-21(22)31)40-25(23)15-39-24-11-7-17(13-19(24)28(34)36)33-41(37,38)26-5-3-2-4-20(26)29/h2-7,9,11-13,18,23,25,33H,8,10,14-15H2,1H3,(H,32,35)/t18-,23+,25-/m1/s1. The number of anilines is 2. The molecule has 1 saturated heterocycles. The van der Waals surface area contributed by atoms with E-state index < -0.39 is 45.7 Å². The Hall–Kier alpha value is -3.74. The number of nitrogens with one attached hydrogen (secondary N) is 2. The van der Waals surface area contributed by atoms with E-state index in [2.05, 4.69) is 10.0 Å². The fourth-order valence-corrected chi connectivity index (χ4v) is 6.54. The second kappa shape index (κ2) is 11.6. The fraction of sp³-hybridized carbons (Fsp3) is 0.286. The van der Waals surface area contributed by atoms with Crippen molar-refractivity contribution in [3.05, 3.63) is 82.9 Å². The Morgan fingerprint density at radius 3 is 2.66 bits per heavy atom. The molecule has 41 heavy (non-hydrogen) atoms. The summed E-state index contributed by atoms with van der Waals surface area (Å²) in [5.74, 6) is -2.12. The van der Waals surface area contributed by atoms with Crippen molar-refractivity contribution in [1.82, 2.24) is 4.90 Å². The van der Waals surface area contributed by atoms with Crippen molar-refractivity contribution in [1.29, 1.82) is 0 Å². The molecule has 9 nitrogen and oxygen atoms in total. The van der Waals surface area contributed by atoms with Crippen LogP contribution in [0.15, 0.2) is 65.6 Å². The third-order valence-corrected chi connectivity index (χ3v) is 8.89. The van der Waals surface area contributed by atoms with Crippen LogP contribution in [0, 0.1) is 11.6 Å². The van der Waals surface area contributed by atoms with E-state index in [1.807, 2.05) is 0 Å². The van der Waals surface area contributed by atoms with Crippen molar-refractivity contribution in [3.63, 3.8) is 0 Å². The van der Waals surface area contributed by atoms with Gasteiger partial charge in [0.05, 0.1) is 34.8 Å². The molecule has 13 heteroatoms. The van der Waals surface area contributed by atoms with E-state index in [1.165, 1.54) is 35.2 Å². The third-order valence-electron chi connectivity index (χ3n) is 7.01. The molecule has 2 amide bonds. The van der Waals surface area contributed by atoms with E-state index in [-0.39, 0.29) is 51.7 Å². The van der Waals surface area contributed by atoms with Gasteiger partial charge in [0.2, 0.25) is 5.91 Å². The predicted molar refractivity (Wildman–Crippen MR) is 148 cm³/mol. The number of benzene rings is 3. The molecule has 3 atom stereocenters. The molecule has 0 radical (unpaired) electrons. The lowest BCUT2D eigenvalue weighted by Gasteiger charge is -2.42. The predicted octanol–water partition coefficient (Wildman–Crippen LogP) is 4.83. The number of sulfonamides is 1. The maximum atomic E-state index is 13.9. The Morgan fingerprint density at radius 1 is 1.10 bits per heavy atom. The van der Waals surface area contributed by atoms with Gasteiger partial charge in [-0.05, 0) is 55.3 Å². The third kappa shape index (κ3) is 6.29. The quantitative estimate of drug-likeness (QED) is 0.416. The Bertz CT molecular complexity index is 1610. The minimum absolute atomic E-state index is 0.0608. The van der Waals surface area contributed by atoms with Gasteiger partial charge in [0.1, 0.15) is 35.0 Å². The van der Waals surface area contributed by atoms with Crippen molar-refractivity contribution >= 4 is 44.8 Å². The highest BCUT2D eigenvalue weighted by molar-refractivity contribution is 7.92. The van der Waals surface area contributed by atoms with Crippen LogP contribution in [0.5, 0.6) is 5.75 Å². The molecular weight excluding hydrogens is 580 g/mol. The minimum atomic E-state index is -4.02. The first-order valence-electron chi connectivity index (χ1n) is 12.7. The van der Waals surface area contributed by atoms with Crippen molar-refractivity contribution in [2.45, 2.75) is 42.4 Å². The first-order chi connectivity index (χ1) is 19.5. The van der Waals surface area contributed by atoms with Crippen LogP contribution in [0.1, 0.15) is 29.6 Å². The lowest BCUT2D eigenvalue weighted by atomic mass is 9.94. The van der Waals surface area contributed by atoms with E-state index in [9.17, 15) is 26.8 Å². The molecule has 5 rings (SSSR count). The normalized spacial score (nSPS) is 20.6. The SMILES string of the molecule is CN1C(=O)c2cc(NS(=O)(=O)c3ccccc3Cl)ccc2OC[C@H]2O[C@@H](CC(=O)Nc3cc(F)ccc3F)CC[C@@H]21. The summed E-state index contributed by atoms with van der Waals surface area (Å²) >= 11 is 6.06. The van der Waals surface area contributed by atoms with Gasteiger partial charge in [0.15, 0.2) is 0 Å². The summed E-state index contributed by atoms with van der Waals surface area (Å²) in [5, 5.41) is 2.43. The highest BCUT2D eigenvalue weighted by Gasteiger charge is 2.39. The van der Waals surface area contributed by atoms with E-state index in [4.69, 9.17) is 21.1 Å². The molecule has 0 saturated carbocycles. The van der Waals surface area contributed by atoms with Crippen LogP contribution >= 0.6 is 11.6 Å². The van der Waals surface area contributed by atoms with Gasteiger partial charge in [-0.15, -0.1) is 0 Å². The molecule has 3 aromatic carbocycles. The molecule has 2 N–H and O–H groups in total. The summed E-state index contributed by atoms with van der Waals surface area (Å²) in [7, 11) is -2.39. The Labute approximate surface area is 240 Å². The number of carbonyl (C=O) groups excluding carboxylic acids is 2. The molecule has 0 aliphatic carbocycles. The summed E-state index contributed by atoms with van der Waals surface area (Å²) in [4.78, 5) is 27.4. The first-order valence-corrected chi connectivity index (χ1v) is 14.6. The van der Waals surface area contributed by atoms with Gasteiger partial charge in [-0.2, -0.15) is 0 Å². The lowest BCUT2D eigenvalue weighted by molar-refractivity contribution is -0.130. The minimum Gasteiger partial charge on any atom is -0.490 e. The molecule has 0 bridgehead atoms. The first kappa shape index (κ1) is 28.8. The van der Waals surface area contributed by atoms with Crippen LogP contribution in [-0.2, 0) is 19.6 Å². The van der Waals surface area contributed by atoms with Gasteiger partial charge in [0, 0.05) is 18.8 Å². The number of nitrogens with zero attached hydrogens (tertiary/aromatic N) is 1. The number of fused-ring (bicyclic) bond motifs is 2. The molecule has 1 fully saturated rings. The average Bonchev–Trinajstić information content (AvgIpc) is 2.93. The molecule has 216 valence electrons. The topological polar surface area (TPSA) is 114 Å². The number of amides is 2. The van der Waals surface area contributed by atoms with Gasteiger partial charge >= 0.3 is 0 Å². The summed E-state index contributed by atoms with van der Waals surface area (Å²) < 4.78 is 67.6. The average molecular weight is 606 g/mol. The lowest BCUT2D eigenvalue weighted by Crippen LogP contribution is -2.53. The maximum absolute atomic E-state index is 13.9. The zero-order valence-corrected chi connectivity index (χ0v) is 23.3. The smallest absolute Gasteiger partial charge is 0.263 e. The number of rotatable bonds is 6. The van der Waals surface area contributed by atoms with Gasteiger partial charge in [0.25, 0.3) is 15.9 Å². The summed E-state index contributed by atoms with van der Waals surface area (Å²) in [6, 6.07) is 12.8. The van der Waals surface area contributed by atoms with Crippen molar-refractivity contribution in [2.75, 3.05) is 23.7 Å². The van der Waals surface area contributed by atoms with Crippen LogP contribution in [0.3, 0.4) is 0 Å². The second-order valence-electron chi connectivity index (χ2n) is 9.79. The molecule has 0 unspecified atom stereocenters. The monoisotopic (exact) mass is 605 g/mol. The van der Waals surface area contributed by atoms with Crippen LogP contribution in [0.4, 0.5) is 20.2 Å². The molecule has 0 aromatic heterocycles. The number of halogens is 3. The molecule has 3 aromatic rings. The molecular formula is C28H26ClF2N3O6S. The number of hydrogen-bond donors (Lipinski definition) is 2. The molecule has 2 aliphatic heterocycles. The zero-order valence-electron chi connectivity index (χ0n) is 21.8. The number of carbonyl (C=O) groups is 2. The summed E-state index contributed by atoms with van der Waals surface area (Å²) in [6.45, 7) is 0.0661. The van der Waals surface area contributed by atoms with E-state index >= 15 is 0 Å². The number of hydrogen-bond acceptors (Lipinski definition) is 6. The van der Waals surface area contributed by atoms with E-state index in [0.717, 1.165) is 18.2 Å². The highest BCUT2D eigenvalue weighted by Crippen LogP contribution is 2.33. The Kier molecular flexibility index (Phi) is 8.16. The van der Waals surface area contributed by atoms with Gasteiger partial charge < -0.3 is 19.7 Å². The fourth-order valence-electron chi connectivity index (χ4n) is 4.97. The van der Waals surface area contributed by atoms with Crippen LogP contribution in [-0.4, -0.2) is 57.0 Å². The van der Waals surface area contributed by atoms with Crippen molar-refractivity contribution in [2.24, 2.45) is 0 Å². The number of ether oxygens (including phenoxy) is 2. The van der Waals surface area contributed by atoms with Crippen molar-refractivity contribution < 1.29 is 36.3 Å².